The molecule has 0 amide bonds. The van der Waals surface area contributed by atoms with Gasteiger partial charge < -0.3 is 0 Å². The second kappa shape index (κ2) is 5.33. The molecule has 2 nitrogen and oxygen atoms in total. The van der Waals surface area contributed by atoms with Gasteiger partial charge in [0.2, 0.25) is 0 Å². The minimum Gasteiger partial charge on any atom is -0.299 e. The van der Waals surface area contributed by atoms with Gasteiger partial charge in [0.25, 0.3) is 0 Å². The van der Waals surface area contributed by atoms with E-state index in [4.69, 9.17) is 0 Å². The van der Waals surface area contributed by atoms with Crippen molar-refractivity contribution in [1.29, 1.82) is 0 Å². The third-order valence-corrected chi connectivity index (χ3v) is 3.85. The zero-order chi connectivity index (χ0) is 13.1. The normalized spacial score (nSPS) is 10.7. The summed E-state index contributed by atoms with van der Waals surface area (Å²) in [4.78, 5) is 17.0. The van der Waals surface area contributed by atoms with Crippen LogP contribution < -0.4 is 0 Å². The Morgan fingerprint density at radius 1 is 1.05 bits per heavy atom. The number of hydrogen-bond donors (Lipinski definition) is 0. The van der Waals surface area contributed by atoms with Gasteiger partial charge in [0, 0.05) is 23.9 Å². The van der Waals surface area contributed by atoms with Crippen LogP contribution in [0.1, 0.15) is 10.4 Å². The summed E-state index contributed by atoms with van der Waals surface area (Å²) in [5.41, 5.74) is 2.84. The Morgan fingerprint density at radius 3 is 2.68 bits per heavy atom. The van der Waals surface area contributed by atoms with E-state index in [9.17, 15) is 4.79 Å². The van der Waals surface area contributed by atoms with Crippen molar-refractivity contribution >= 4 is 27.9 Å². The van der Waals surface area contributed by atoms with Crippen LogP contribution in [0.15, 0.2) is 54.2 Å². The topological polar surface area (TPSA) is 30.0 Å². The smallest absolute Gasteiger partial charge is 0.142 e. The highest BCUT2D eigenvalue weighted by atomic mass is 32.1. The molecule has 0 radical (unpaired) electrons. The number of carbonyl (C=O) groups is 1. The van der Waals surface area contributed by atoms with E-state index in [2.05, 4.69) is 29.2 Å². The molecule has 3 rings (SSSR count). The summed E-state index contributed by atoms with van der Waals surface area (Å²) in [5, 5.41) is 2.40. The standard InChI is InChI=1S/C16H13NOS/c18-15(9-16-10-17-11-19-16)8-12-5-6-13-3-1-2-4-14(13)7-12/h1-7,10-11H,8-9H2. The summed E-state index contributed by atoms with van der Waals surface area (Å²) in [6, 6.07) is 14.4. The molecule has 0 N–H and O–H groups in total. The number of Topliss-reactive ketones (excluding diaryl/α,β-unsaturated/α-hetero) is 1. The number of thiazole rings is 1. The molecule has 3 aromatic rings. The molecule has 0 saturated heterocycles. The Bertz CT molecular complexity index is 704. The van der Waals surface area contributed by atoms with Crippen LogP contribution in [0.5, 0.6) is 0 Å². The molecule has 0 unspecified atom stereocenters. The average Bonchev–Trinajstić information content (AvgIpc) is 2.91. The van der Waals surface area contributed by atoms with Crippen molar-refractivity contribution in [2.75, 3.05) is 0 Å². The van der Waals surface area contributed by atoms with Crippen molar-refractivity contribution in [2.24, 2.45) is 0 Å². The van der Waals surface area contributed by atoms with Crippen molar-refractivity contribution < 1.29 is 4.79 Å². The highest BCUT2D eigenvalue weighted by Gasteiger charge is 2.07. The fourth-order valence-corrected chi connectivity index (χ4v) is 2.79. The van der Waals surface area contributed by atoms with Crippen molar-refractivity contribution in [2.45, 2.75) is 12.8 Å². The lowest BCUT2D eigenvalue weighted by molar-refractivity contribution is -0.117. The number of rotatable bonds is 4. The number of nitrogens with zero attached hydrogens (tertiary/aromatic N) is 1. The van der Waals surface area contributed by atoms with Gasteiger partial charge in [-0.15, -0.1) is 11.3 Å². The van der Waals surface area contributed by atoms with Crippen molar-refractivity contribution in [3.63, 3.8) is 0 Å². The third-order valence-electron chi connectivity index (χ3n) is 3.07. The first-order chi connectivity index (χ1) is 9.31. The highest BCUT2D eigenvalue weighted by molar-refractivity contribution is 7.09. The zero-order valence-corrected chi connectivity index (χ0v) is 11.2. The van der Waals surface area contributed by atoms with Crippen molar-refractivity contribution in [3.05, 3.63) is 64.6 Å². The van der Waals surface area contributed by atoms with Gasteiger partial charge in [0.15, 0.2) is 0 Å². The summed E-state index contributed by atoms with van der Waals surface area (Å²) in [6.07, 6.45) is 2.74. The predicted octanol–water partition coefficient (Wildman–Crippen LogP) is 3.65. The molecule has 2 aromatic carbocycles. The van der Waals surface area contributed by atoms with E-state index in [0.29, 0.717) is 12.8 Å². The van der Waals surface area contributed by atoms with Gasteiger partial charge in [-0.1, -0.05) is 42.5 Å². The predicted molar refractivity (Wildman–Crippen MR) is 78.5 cm³/mol. The minimum absolute atomic E-state index is 0.236. The van der Waals surface area contributed by atoms with Crippen LogP contribution in [0.25, 0.3) is 10.8 Å². The lowest BCUT2D eigenvalue weighted by Gasteiger charge is -2.03. The highest BCUT2D eigenvalue weighted by Crippen LogP contribution is 2.17. The Morgan fingerprint density at radius 2 is 1.89 bits per heavy atom. The van der Waals surface area contributed by atoms with Gasteiger partial charge in [-0.2, -0.15) is 0 Å². The second-order valence-electron chi connectivity index (χ2n) is 4.54. The number of benzene rings is 2. The van der Waals surface area contributed by atoms with Gasteiger partial charge in [0.1, 0.15) is 5.78 Å². The monoisotopic (exact) mass is 267 g/mol. The first-order valence-corrected chi connectivity index (χ1v) is 7.06. The fourth-order valence-electron chi connectivity index (χ4n) is 2.16. The molecule has 1 heterocycles. The van der Waals surface area contributed by atoms with Crippen LogP contribution in [0.3, 0.4) is 0 Å². The van der Waals surface area contributed by atoms with Crippen LogP contribution >= 0.6 is 11.3 Å². The number of ketones is 1. The summed E-state index contributed by atoms with van der Waals surface area (Å²) >= 11 is 1.53. The molecule has 0 bridgehead atoms. The molecular weight excluding hydrogens is 254 g/mol. The number of carbonyl (C=O) groups excluding carboxylic acids is 1. The molecule has 0 aliphatic carbocycles. The Hall–Kier alpha value is -2.00. The van der Waals surface area contributed by atoms with E-state index in [-0.39, 0.29) is 5.78 Å². The van der Waals surface area contributed by atoms with Crippen LogP contribution in [0, 0.1) is 0 Å². The molecule has 19 heavy (non-hydrogen) atoms. The lowest BCUT2D eigenvalue weighted by atomic mass is 10.0. The van der Waals surface area contributed by atoms with Gasteiger partial charge in [-0.05, 0) is 16.3 Å². The molecule has 1 aromatic heterocycles. The molecule has 0 fully saturated rings. The molecule has 0 spiro atoms. The molecule has 94 valence electrons. The van der Waals surface area contributed by atoms with E-state index >= 15 is 0 Å². The first kappa shape index (κ1) is 12.1. The fraction of sp³-hybridized carbons (Fsp3) is 0.125. The van der Waals surface area contributed by atoms with Gasteiger partial charge >= 0.3 is 0 Å². The maximum absolute atomic E-state index is 12.0. The SMILES string of the molecule is O=C(Cc1ccc2ccccc2c1)Cc1cncs1. The quantitative estimate of drug-likeness (QED) is 0.722. The maximum Gasteiger partial charge on any atom is 0.142 e. The van der Waals surface area contributed by atoms with Gasteiger partial charge in [-0.25, -0.2) is 0 Å². The first-order valence-electron chi connectivity index (χ1n) is 6.18. The van der Waals surface area contributed by atoms with E-state index < -0.39 is 0 Å². The number of hydrogen-bond acceptors (Lipinski definition) is 3. The van der Waals surface area contributed by atoms with Crippen LogP contribution in [0.2, 0.25) is 0 Å². The lowest BCUT2D eigenvalue weighted by Crippen LogP contribution is -2.05. The molecule has 0 atom stereocenters. The van der Waals surface area contributed by atoms with Crippen LogP contribution in [-0.2, 0) is 17.6 Å². The molecule has 0 aliphatic rings. The molecule has 3 heteroatoms. The summed E-state index contributed by atoms with van der Waals surface area (Å²) in [7, 11) is 0. The Labute approximate surface area is 115 Å². The maximum atomic E-state index is 12.0. The van der Waals surface area contributed by atoms with E-state index in [0.717, 1.165) is 10.4 Å². The van der Waals surface area contributed by atoms with E-state index in [1.165, 1.54) is 22.1 Å². The summed E-state index contributed by atoms with van der Waals surface area (Å²) in [5.74, 6) is 0.236. The van der Waals surface area contributed by atoms with Crippen LogP contribution in [0.4, 0.5) is 0 Å². The molecular formula is C16H13NOS. The zero-order valence-electron chi connectivity index (χ0n) is 10.4. The van der Waals surface area contributed by atoms with Crippen LogP contribution in [-0.4, -0.2) is 10.8 Å². The van der Waals surface area contributed by atoms with Gasteiger partial charge in [-0.3, -0.25) is 9.78 Å². The minimum atomic E-state index is 0.236. The molecule has 0 saturated carbocycles. The average molecular weight is 267 g/mol. The number of fused-ring (bicyclic) bond motifs is 1. The van der Waals surface area contributed by atoms with Gasteiger partial charge in [0.05, 0.1) is 5.51 Å². The van der Waals surface area contributed by atoms with E-state index in [1.807, 2.05) is 18.2 Å². The largest absolute Gasteiger partial charge is 0.299 e. The molecule has 0 aliphatic heterocycles. The Balaban J connectivity index is 1.75. The Kier molecular flexibility index (Phi) is 3.38. The summed E-state index contributed by atoms with van der Waals surface area (Å²) < 4.78 is 0. The second-order valence-corrected chi connectivity index (χ2v) is 5.51. The van der Waals surface area contributed by atoms with E-state index in [1.54, 1.807) is 11.7 Å². The van der Waals surface area contributed by atoms with Crippen molar-refractivity contribution in [1.82, 2.24) is 4.98 Å². The third kappa shape index (κ3) is 2.88. The number of aromatic nitrogens is 1. The summed E-state index contributed by atoms with van der Waals surface area (Å²) in [6.45, 7) is 0. The van der Waals surface area contributed by atoms with Crippen molar-refractivity contribution in [3.8, 4) is 0 Å².